The van der Waals surface area contributed by atoms with Gasteiger partial charge in [0.25, 0.3) is 5.91 Å². The highest BCUT2D eigenvalue weighted by Gasteiger charge is 2.24. The zero-order chi connectivity index (χ0) is 13.2. The van der Waals surface area contributed by atoms with Gasteiger partial charge in [-0.2, -0.15) is 0 Å². The van der Waals surface area contributed by atoms with Crippen molar-refractivity contribution in [3.8, 4) is 0 Å². The van der Waals surface area contributed by atoms with Gasteiger partial charge in [-0.05, 0) is 25.2 Å². The van der Waals surface area contributed by atoms with Crippen molar-refractivity contribution in [1.82, 2.24) is 15.2 Å². The fourth-order valence-electron chi connectivity index (χ4n) is 1.69. The summed E-state index contributed by atoms with van der Waals surface area (Å²) < 4.78 is 5.30. The highest BCUT2D eigenvalue weighted by atomic mass is 32.1. The van der Waals surface area contributed by atoms with Crippen LogP contribution < -0.4 is 5.32 Å². The van der Waals surface area contributed by atoms with Gasteiger partial charge in [-0.3, -0.25) is 10.1 Å². The molecule has 0 aliphatic heterocycles. The van der Waals surface area contributed by atoms with Gasteiger partial charge in [0.2, 0.25) is 5.13 Å². The molecule has 0 atom stereocenters. The van der Waals surface area contributed by atoms with Gasteiger partial charge in [-0.1, -0.05) is 18.3 Å². The molecule has 1 aliphatic carbocycles. The summed E-state index contributed by atoms with van der Waals surface area (Å²) >= 11 is 1.37. The molecule has 1 amide bonds. The molecule has 0 radical (unpaired) electrons. The van der Waals surface area contributed by atoms with E-state index in [0.29, 0.717) is 22.6 Å². The smallest absolute Gasteiger partial charge is 0.279 e. The summed E-state index contributed by atoms with van der Waals surface area (Å²) in [6, 6.07) is 0. The summed E-state index contributed by atoms with van der Waals surface area (Å²) in [6.45, 7) is 1.99. The van der Waals surface area contributed by atoms with E-state index in [-0.39, 0.29) is 5.91 Å². The second-order valence-corrected chi connectivity index (χ2v) is 5.64. The van der Waals surface area contributed by atoms with Gasteiger partial charge in [0.05, 0.1) is 0 Å². The quantitative estimate of drug-likeness (QED) is 0.907. The van der Waals surface area contributed by atoms with E-state index in [9.17, 15) is 4.79 Å². The van der Waals surface area contributed by atoms with Crippen LogP contribution in [-0.2, 0) is 12.8 Å². The predicted octanol–water partition coefficient (Wildman–Crippen LogP) is 2.29. The second kappa shape index (κ2) is 5.08. The van der Waals surface area contributed by atoms with Gasteiger partial charge >= 0.3 is 0 Å². The first-order valence-electron chi connectivity index (χ1n) is 6.32. The topological polar surface area (TPSA) is 80.9 Å². The molecule has 0 spiro atoms. The molecule has 3 rings (SSSR count). The number of hydrogen-bond acceptors (Lipinski definition) is 6. The molecule has 7 heteroatoms. The molecule has 1 aliphatic rings. The molecule has 19 heavy (non-hydrogen) atoms. The van der Waals surface area contributed by atoms with Gasteiger partial charge in [0.1, 0.15) is 11.3 Å². The molecule has 1 fully saturated rings. The van der Waals surface area contributed by atoms with E-state index in [0.717, 1.165) is 17.8 Å². The van der Waals surface area contributed by atoms with E-state index in [1.54, 1.807) is 0 Å². The highest BCUT2D eigenvalue weighted by molar-refractivity contribution is 7.15. The normalized spacial score (nSPS) is 14.6. The monoisotopic (exact) mass is 278 g/mol. The Kier molecular flexibility index (Phi) is 3.29. The van der Waals surface area contributed by atoms with E-state index in [4.69, 9.17) is 4.42 Å². The molecule has 100 valence electrons. The molecule has 2 heterocycles. The third-order valence-electron chi connectivity index (χ3n) is 2.93. The molecule has 0 saturated heterocycles. The molecule has 2 aromatic heterocycles. The van der Waals surface area contributed by atoms with E-state index < -0.39 is 0 Å². The molecule has 0 bridgehead atoms. The zero-order valence-electron chi connectivity index (χ0n) is 10.5. The third-order valence-corrected chi connectivity index (χ3v) is 3.92. The first kappa shape index (κ1) is 12.3. The summed E-state index contributed by atoms with van der Waals surface area (Å²) in [7, 11) is 0. The van der Waals surface area contributed by atoms with Gasteiger partial charge in [-0.25, -0.2) is 4.98 Å². The van der Waals surface area contributed by atoms with Crippen LogP contribution in [0.5, 0.6) is 0 Å². The van der Waals surface area contributed by atoms with Crippen LogP contribution in [0.2, 0.25) is 0 Å². The van der Waals surface area contributed by atoms with E-state index in [1.807, 2.05) is 6.92 Å². The van der Waals surface area contributed by atoms with Gasteiger partial charge in [0, 0.05) is 6.42 Å². The largest absolute Gasteiger partial charge is 0.448 e. The average Bonchev–Trinajstić information content (AvgIpc) is 2.92. The van der Waals surface area contributed by atoms with Crippen molar-refractivity contribution < 1.29 is 9.21 Å². The average molecular weight is 278 g/mol. The highest BCUT2D eigenvalue weighted by Crippen LogP contribution is 2.32. The molecular formula is C12H14N4O2S. The number of oxazole rings is 1. The lowest BCUT2D eigenvalue weighted by molar-refractivity contribution is 0.102. The van der Waals surface area contributed by atoms with Crippen LogP contribution >= 0.6 is 11.3 Å². The Morgan fingerprint density at radius 1 is 1.53 bits per heavy atom. The van der Waals surface area contributed by atoms with Crippen LogP contribution in [0.3, 0.4) is 0 Å². The number of anilines is 1. The maximum Gasteiger partial charge on any atom is 0.279 e. The summed E-state index contributed by atoms with van der Waals surface area (Å²) in [5.41, 5.74) is 0.295. The van der Waals surface area contributed by atoms with Crippen molar-refractivity contribution in [2.45, 2.75) is 32.6 Å². The van der Waals surface area contributed by atoms with Crippen LogP contribution in [0.1, 0.15) is 41.2 Å². The van der Waals surface area contributed by atoms with Crippen molar-refractivity contribution in [3.63, 3.8) is 0 Å². The Balaban J connectivity index is 1.63. The lowest BCUT2D eigenvalue weighted by atomic mass is 10.3. The fraction of sp³-hybridized carbons (Fsp3) is 0.500. The van der Waals surface area contributed by atoms with Crippen LogP contribution in [-0.4, -0.2) is 21.1 Å². The van der Waals surface area contributed by atoms with Gasteiger partial charge in [0.15, 0.2) is 11.6 Å². The Morgan fingerprint density at radius 3 is 3.05 bits per heavy atom. The fourth-order valence-corrected chi connectivity index (χ4v) is 2.36. The molecule has 2 aromatic rings. The van der Waals surface area contributed by atoms with E-state index in [2.05, 4.69) is 20.5 Å². The molecule has 0 aromatic carbocycles. The first-order chi connectivity index (χ1) is 9.24. The standard InChI is InChI=1S/C12H14N4O2S/c1-2-10-15-16-12(19-10)14-11(17)8-6-18-9(13-8)5-7-3-4-7/h6-7H,2-5H2,1H3,(H,14,16,17). The van der Waals surface area contributed by atoms with Crippen molar-refractivity contribution in [2.24, 2.45) is 5.92 Å². The molecule has 6 nitrogen and oxygen atoms in total. The van der Waals surface area contributed by atoms with Crippen LogP contribution in [0.15, 0.2) is 10.7 Å². The number of hydrogen-bond donors (Lipinski definition) is 1. The number of carbonyl (C=O) groups excluding carboxylic acids is 1. The minimum Gasteiger partial charge on any atom is -0.448 e. The molecule has 1 N–H and O–H groups in total. The number of carbonyl (C=O) groups is 1. The number of rotatable bonds is 5. The molecule has 1 saturated carbocycles. The van der Waals surface area contributed by atoms with Crippen LogP contribution in [0.25, 0.3) is 0 Å². The van der Waals surface area contributed by atoms with Crippen molar-refractivity contribution in [2.75, 3.05) is 5.32 Å². The maximum absolute atomic E-state index is 11.9. The minimum absolute atomic E-state index is 0.295. The third kappa shape index (κ3) is 2.98. The number of nitrogens with one attached hydrogen (secondary N) is 1. The molecule has 0 unspecified atom stereocenters. The summed E-state index contributed by atoms with van der Waals surface area (Å²) in [6.07, 6.45) is 5.49. The first-order valence-corrected chi connectivity index (χ1v) is 7.14. The molecular weight excluding hydrogens is 264 g/mol. The van der Waals surface area contributed by atoms with Gasteiger partial charge in [-0.15, -0.1) is 10.2 Å². The lowest BCUT2D eigenvalue weighted by Crippen LogP contribution is -2.12. The van der Waals surface area contributed by atoms with Crippen molar-refractivity contribution in [1.29, 1.82) is 0 Å². The van der Waals surface area contributed by atoms with E-state index >= 15 is 0 Å². The number of aryl methyl sites for hydroxylation is 1. The summed E-state index contributed by atoms with van der Waals surface area (Å²) in [5.74, 6) is 1.02. The van der Waals surface area contributed by atoms with Gasteiger partial charge < -0.3 is 4.42 Å². The number of aromatic nitrogens is 3. The van der Waals surface area contributed by atoms with E-state index in [1.165, 1.54) is 30.4 Å². The van der Waals surface area contributed by atoms with Crippen molar-refractivity contribution in [3.05, 3.63) is 22.9 Å². The second-order valence-electron chi connectivity index (χ2n) is 4.58. The maximum atomic E-state index is 11.9. The lowest BCUT2D eigenvalue weighted by Gasteiger charge is -1.95. The zero-order valence-corrected chi connectivity index (χ0v) is 11.4. The van der Waals surface area contributed by atoms with Crippen LogP contribution in [0, 0.1) is 5.92 Å². The van der Waals surface area contributed by atoms with Crippen LogP contribution in [0.4, 0.5) is 5.13 Å². The summed E-state index contributed by atoms with van der Waals surface area (Å²) in [4.78, 5) is 16.1. The Bertz CT molecular complexity index is 588. The predicted molar refractivity (Wildman–Crippen MR) is 70.2 cm³/mol. The Hall–Kier alpha value is -1.76. The number of nitrogens with zero attached hydrogens (tertiary/aromatic N) is 3. The summed E-state index contributed by atoms with van der Waals surface area (Å²) in [5, 5.41) is 11.9. The Morgan fingerprint density at radius 2 is 2.37 bits per heavy atom. The number of amides is 1. The Labute approximate surface area is 114 Å². The SMILES string of the molecule is CCc1nnc(NC(=O)c2coc(CC3CC3)n2)s1. The minimum atomic E-state index is -0.301. The van der Waals surface area contributed by atoms with Crippen molar-refractivity contribution >= 4 is 22.4 Å².